The summed E-state index contributed by atoms with van der Waals surface area (Å²) in [4.78, 5) is 52.4. The smallest absolute Gasteiger partial charge is 0.272 e. The molecule has 2 aromatic carbocycles. The number of ketones is 2. The Kier molecular flexibility index (Phi) is 8.72. The number of benzene rings is 2. The summed E-state index contributed by atoms with van der Waals surface area (Å²) >= 11 is 0. The zero-order valence-electron chi connectivity index (χ0n) is 24.2. The van der Waals surface area contributed by atoms with E-state index in [2.05, 4.69) is 21.3 Å². The summed E-state index contributed by atoms with van der Waals surface area (Å²) in [6, 6.07) is 15.6. The fraction of sp³-hybridized carbons (Fsp3) is 0.250. The van der Waals surface area contributed by atoms with Crippen LogP contribution >= 0.6 is 0 Å². The number of rotatable bonds is 12. The quantitative estimate of drug-likeness (QED) is 0.142. The van der Waals surface area contributed by atoms with Gasteiger partial charge in [0.1, 0.15) is 11.4 Å². The highest BCUT2D eigenvalue weighted by Crippen LogP contribution is 2.35. The molecule has 0 bridgehead atoms. The van der Waals surface area contributed by atoms with Crippen molar-refractivity contribution in [1.29, 1.82) is 0 Å². The Morgan fingerprint density at radius 1 is 0.744 bits per heavy atom. The van der Waals surface area contributed by atoms with Gasteiger partial charge in [0, 0.05) is 68.6 Å². The molecule has 11 heteroatoms. The maximum Gasteiger partial charge on any atom is 0.272 e. The van der Waals surface area contributed by atoms with Crippen molar-refractivity contribution in [3.63, 3.8) is 0 Å². The second-order valence-corrected chi connectivity index (χ2v) is 10.4. The third kappa shape index (κ3) is 6.07. The van der Waals surface area contributed by atoms with Crippen LogP contribution in [0, 0.1) is 0 Å². The molecule has 2 aromatic heterocycles. The van der Waals surface area contributed by atoms with Gasteiger partial charge >= 0.3 is 0 Å². The lowest BCUT2D eigenvalue weighted by Crippen LogP contribution is -2.28. The number of anilines is 3. The highest BCUT2D eigenvalue weighted by molar-refractivity contribution is 6.31. The van der Waals surface area contributed by atoms with Crippen molar-refractivity contribution in [2.75, 3.05) is 42.1 Å². The maximum atomic E-state index is 13.5. The van der Waals surface area contributed by atoms with Crippen LogP contribution in [0.3, 0.4) is 0 Å². The standard InChI is InChI=1S/C32H35N7O4/c1-38-17-5-12-25(38)32(43)37-20-18-26(39(2)19-20)31(42)36-16-7-15-35-24-11-4-9-22-28(24)30(41)21-8-3-10-23(27(21)29(22)40)34-14-6-13-33/h3-5,8-12,17-19,34-35H,6-7,13-16,33H2,1-2H3,(H,36,42)(H,37,43). The summed E-state index contributed by atoms with van der Waals surface area (Å²) in [5, 5.41) is 12.2. The molecule has 0 saturated heterocycles. The molecule has 2 heterocycles. The Labute approximate surface area is 249 Å². The van der Waals surface area contributed by atoms with E-state index < -0.39 is 0 Å². The fourth-order valence-corrected chi connectivity index (χ4v) is 5.22. The van der Waals surface area contributed by atoms with Gasteiger partial charge in [0.2, 0.25) is 0 Å². The van der Waals surface area contributed by atoms with E-state index in [1.807, 2.05) is 0 Å². The summed E-state index contributed by atoms with van der Waals surface area (Å²) in [5.41, 5.74) is 9.73. The van der Waals surface area contributed by atoms with Gasteiger partial charge in [-0.3, -0.25) is 19.2 Å². The normalized spacial score (nSPS) is 12.0. The van der Waals surface area contributed by atoms with Gasteiger partial charge in [-0.25, -0.2) is 0 Å². The van der Waals surface area contributed by atoms with Crippen LogP contribution < -0.4 is 27.0 Å². The van der Waals surface area contributed by atoms with E-state index in [0.29, 0.717) is 83.3 Å². The molecular formula is C32H35N7O4. The Hall–Kier alpha value is -5.16. The van der Waals surface area contributed by atoms with Crippen molar-refractivity contribution >= 4 is 40.4 Å². The van der Waals surface area contributed by atoms with Crippen molar-refractivity contribution < 1.29 is 19.2 Å². The highest BCUT2D eigenvalue weighted by atomic mass is 16.2. The number of fused-ring (bicyclic) bond motifs is 2. The second kappa shape index (κ2) is 12.8. The number of carbonyl (C=O) groups excluding carboxylic acids is 4. The minimum atomic E-state index is -0.271. The first-order chi connectivity index (χ1) is 20.8. The van der Waals surface area contributed by atoms with Gasteiger partial charge in [0.05, 0.1) is 16.8 Å². The Morgan fingerprint density at radius 2 is 1.37 bits per heavy atom. The van der Waals surface area contributed by atoms with Gasteiger partial charge in [-0.2, -0.15) is 0 Å². The van der Waals surface area contributed by atoms with Crippen LogP contribution in [-0.4, -0.2) is 58.7 Å². The Morgan fingerprint density at radius 3 is 1.95 bits per heavy atom. The largest absolute Gasteiger partial charge is 0.384 e. The molecule has 222 valence electrons. The lowest BCUT2D eigenvalue weighted by atomic mass is 9.82. The monoisotopic (exact) mass is 581 g/mol. The average molecular weight is 582 g/mol. The van der Waals surface area contributed by atoms with Crippen LogP contribution in [0.1, 0.15) is 65.7 Å². The van der Waals surface area contributed by atoms with E-state index in [0.717, 1.165) is 6.42 Å². The summed E-state index contributed by atoms with van der Waals surface area (Å²) in [6.07, 6.45) is 4.79. The molecule has 0 unspecified atom stereocenters. The van der Waals surface area contributed by atoms with E-state index in [1.165, 1.54) is 0 Å². The van der Waals surface area contributed by atoms with E-state index in [4.69, 9.17) is 5.73 Å². The van der Waals surface area contributed by atoms with E-state index in [1.54, 1.807) is 90.2 Å². The van der Waals surface area contributed by atoms with Crippen molar-refractivity contribution in [2.24, 2.45) is 19.8 Å². The molecule has 0 radical (unpaired) electrons. The maximum absolute atomic E-state index is 13.5. The van der Waals surface area contributed by atoms with Crippen molar-refractivity contribution in [2.45, 2.75) is 12.8 Å². The van der Waals surface area contributed by atoms with Crippen LogP contribution in [-0.2, 0) is 14.1 Å². The summed E-state index contributed by atoms with van der Waals surface area (Å²) in [7, 11) is 3.53. The third-order valence-electron chi connectivity index (χ3n) is 7.40. The first-order valence-corrected chi connectivity index (χ1v) is 14.2. The van der Waals surface area contributed by atoms with Crippen LogP contribution in [0.2, 0.25) is 0 Å². The fourth-order valence-electron chi connectivity index (χ4n) is 5.22. The average Bonchev–Trinajstić information content (AvgIpc) is 3.60. The molecule has 1 aliphatic rings. The molecule has 43 heavy (non-hydrogen) atoms. The Bertz CT molecular complexity index is 1700. The lowest BCUT2D eigenvalue weighted by Gasteiger charge is -2.23. The topological polar surface area (TPSA) is 152 Å². The predicted octanol–water partition coefficient (Wildman–Crippen LogP) is 3.38. The second-order valence-electron chi connectivity index (χ2n) is 10.4. The van der Waals surface area contributed by atoms with Gasteiger partial charge in [-0.05, 0) is 49.7 Å². The molecule has 0 aliphatic heterocycles. The number of hydrogen-bond acceptors (Lipinski definition) is 7. The van der Waals surface area contributed by atoms with Crippen molar-refractivity contribution in [1.82, 2.24) is 14.5 Å². The van der Waals surface area contributed by atoms with Gasteiger partial charge < -0.3 is 36.1 Å². The number of nitrogens with two attached hydrogens (primary N) is 1. The summed E-state index contributed by atoms with van der Waals surface area (Å²) < 4.78 is 3.38. The molecule has 2 amide bonds. The van der Waals surface area contributed by atoms with Crippen LogP contribution in [0.15, 0.2) is 67.0 Å². The zero-order valence-corrected chi connectivity index (χ0v) is 24.2. The molecule has 0 atom stereocenters. The van der Waals surface area contributed by atoms with E-state index in [9.17, 15) is 19.2 Å². The van der Waals surface area contributed by atoms with Gasteiger partial charge in [0.15, 0.2) is 11.6 Å². The lowest BCUT2D eigenvalue weighted by molar-refractivity contribution is 0.0943. The van der Waals surface area contributed by atoms with Crippen LogP contribution in [0.25, 0.3) is 0 Å². The van der Waals surface area contributed by atoms with Crippen molar-refractivity contribution in [3.05, 3.63) is 101 Å². The molecule has 0 saturated carbocycles. The number of nitrogens with zero attached hydrogens (tertiary/aromatic N) is 2. The minimum Gasteiger partial charge on any atom is -0.384 e. The molecule has 4 aromatic rings. The van der Waals surface area contributed by atoms with Crippen molar-refractivity contribution in [3.8, 4) is 0 Å². The van der Waals surface area contributed by atoms with E-state index in [-0.39, 0.29) is 23.4 Å². The number of amides is 2. The first-order valence-electron chi connectivity index (χ1n) is 14.2. The number of aryl methyl sites for hydroxylation is 2. The molecule has 6 N–H and O–H groups in total. The third-order valence-corrected chi connectivity index (χ3v) is 7.40. The number of carbonyl (C=O) groups is 4. The summed E-state index contributed by atoms with van der Waals surface area (Å²) in [6.45, 7) is 1.98. The number of nitrogens with one attached hydrogen (secondary N) is 4. The van der Waals surface area contributed by atoms with E-state index >= 15 is 0 Å². The molecule has 0 spiro atoms. The molecule has 0 fully saturated rings. The highest BCUT2D eigenvalue weighted by Gasteiger charge is 2.33. The SMILES string of the molecule is Cn1cc(NC(=O)c2cccn2C)cc1C(=O)NCCCNc1cccc2c1C(=O)c1cccc(NCCCN)c1C2=O. The first kappa shape index (κ1) is 29.3. The number of aromatic nitrogens is 2. The van der Waals surface area contributed by atoms with Gasteiger partial charge in [-0.1, -0.05) is 24.3 Å². The van der Waals surface area contributed by atoms with Gasteiger partial charge in [-0.15, -0.1) is 0 Å². The molecular weight excluding hydrogens is 546 g/mol. The molecule has 5 rings (SSSR count). The molecule has 11 nitrogen and oxygen atoms in total. The van der Waals surface area contributed by atoms with Crippen LogP contribution in [0.4, 0.5) is 17.1 Å². The zero-order chi connectivity index (χ0) is 30.5. The summed E-state index contributed by atoms with van der Waals surface area (Å²) in [5.74, 6) is -0.935. The predicted molar refractivity (Wildman–Crippen MR) is 166 cm³/mol. The molecule has 1 aliphatic carbocycles. The van der Waals surface area contributed by atoms with Crippen LogP contribution in [0.5, 0.6) is 0 Å². The van der Waals surface area contributed by atoms with Gasteiger partial charge in [0.25, 0.3) is 11.8 Å². The number of hydrogen-bond donors (Lipinski definition) is 5. The Balaban J connectivity index is 1.17. The minimum absolute atomic E-state index is 0.196.